The van der Waals surface area contributed by atoms with Crippen molar-refractivity contribution in [3.05, 3.63) is 53.2 Å². The lowest BCUT2D eigenvalue weighted by atomic mass is 9.95. The molecule has 4 fully saturated rings. The molecule has 6 heterocycles. The summed E-state index contributed by atoms with van der Waals surface area (Å²) in [6, 6.07) is 8.88. The number of hydrogen-bond acceptors (Lipinski definition) is 8. The van der Waals surface area contributed by atoms with Crippen LogP contribution in [0.25, 0.3) is 32.9 Å². The third-order valence-corrected chi connectivity index (χ3v) is 12.6. The average Bonchev–Trinajstić information content (AvgIpc) is 3.84. The first-order valence-electron chi connectivity index (χ1n) is 19.2. The zero-order valence-corrected chi connectivity index (χ0v) is 30.1. The maximum atomic E-state index is 17.2. The van der Waals surface area contributed by atoms with Crippen molar-refractivity contribution in [2.45, 2.75) is 108 Å². The number of ether oxygens (including phenoxy) is 2. The van der Waals surface area contributed by atoms with E-state index in [0.717, 1.165) is 50.6 Å². The first-order valence-corrected chi connectivity index (χ1v) is 19.2. The normalized spacial score (nSPS) is 26.5. The molecule has 1 N–H and O–H groups in total. The van der Waals surface area contributed by atoms with E-state index in [2.05, 4.69) is 22.0 Å². The topological polar surface area (TPSA) is 75.6 Å². The maximum Gasteiger partial charge on any atom is 0.414 e. The highest BCUT2D eigenvalue weighted by atomic mass is 19.4. The summed E-state index contributed by atoms with van der Waals surface area (Å²) in [6.45, 7) is 6.29. The van der Waals surface area contributed by atoms with E-state index in [0.29, 0.717) is 65.6 Å². The highest BCUT2D eigenvalue weighted by Gasteiger charge is 2.53. The molecule has 282 valence electrons. The van der Waals surface area contributed by atoms with Gasteiger partial charge < -0.3 is 19.7 Å². The molecule has 4 aliphatic heterocycles. The number of nitrogens with zero attached hydrogens (tertiary/aromatic N) is 5. The Morgan fingerprint density at radius 1 is 1.02 bits per heavy atom. The number of halogens is 5. The number of benzene rings is 2. The van der Waals surface area contributed by atoms with E-state index < -0.39 is 29.6 Å². The van der Waals surface area contributed by atoms with Gasteiger partial charge in [0, 0.05) is 36.8 Å². The zero-order valence-electron chi connectivity index (χ0n) is 30.1. The van der Waals surface area contributed by atoms with E-state index in [-0.39, 0.29) is 54.4 Å². The Balaban J connectivity index is 1.09. The number of aryl methyl sites for hydroxylation is 2. The van der Waals surface area contributed by atoms with Crippen molar-refractivity contribution >= 4 is 27.5 Å². The Morgan fingerprint density at radius 3 is 2.66 bits per heavy atom. The van der Waals surface area contributed by atoms with Crippen molar-refractivity contribution in [3.63, 3.8) is 0 Å². The molecule has 5 atom stereocenters. The molecule has 0 amide bonds. The van der Waals surface area contributed by atoms with Gasteiger partial charge in [0.1, 0.15) is 29.5 Å². The van der Waals surface area contributed by atoms with Crippen LogP contribution in [0.3, 0.4) is 0 Å². The van der Waals surface area contributed by atoms with E-state index >= 15 is 4.39 Å². The van der Waals surface area contributed by atoms with Crippen LogP contribution in [-0.4, -0.2) is 88.6 Å². The van der Waals surface area contributed by atoms with Gasteiger partial charge >= 0.3 is 12.2 Å². The molecule has 2 aromatic heterocycles. The minimum atomic E-state index is -4.37. The summed E-state index contributed by atoms with van der Waals surface area (Å²) < 4.78 is 85.4. The van der Waals surface area contributed by atoms with Crippen molar-refractivity contribution in [1.82, 2.24) is 25.2 Å². The lowest BCUT2D eigenvalue weighted by Gasteiger charge is -2.40. The lowest BCUT2D eigenvalue weighted by molar-refractivity contribution is -0.230. The first-order chi connectivity index (χ1) is 25.5. The number of hydrogen-bond donors (Lipinski definition) is 1. The molecule has 1 aliphatic carbocycles. The Labute approximate surface area is 305 Å². The Kier molecular flexibility index (Phi) is 8.77. The number of aromatic nitrogens is 3. The van der Waals surface area contributed by atoms with Crippen LogP contribution in [0.2, 0.25) is 0 Å². The summed E-state index contributed by atoms with van der Waals surface area (Å²) in [5.41, 5.74) is 1.48. The van der Waals surface area contributed by atoms with Crippen LogP contribution in [0.1, 0.15) is 69.5 Å². The fraction of sp³-hybridized carbons (Fsp3) is 0.575. The number of nitrogens with one attached hydrogen (secondary N) is 1. The quantitative estimate of drug-likeness (QED) is 0.176. The first kappa shape index (κ1) is 35.0. The summed E-state index contributed by atoms with van der Waals surface area (Å²) in [5.74, 6) is -0.813. The van der Waals surface area contributed by atoms with Crippen LogP contribution in [-0.2, 0) is 11.2 Å². The van der Waals surface area contributed by atoms with E-state index in [4.69, 9.17) is 24.4 Å². The van der Waals surface area contributed by atoms with Gasteiger partial charge in [-0.15, -0.1) is 0 Å². The summed E-state index contributed by atoms with van der Waals surface area (Å²) in [7, 11) is 0. The standard InChI is InChI=1S/C40H45F5N6O2/c1-3-25-19-50-26(18-46-25)11-13-30-32-35(33(42)34(47-30)28-7-4-6-23-10-12-29(41)22(2)31(23)28)48-38(49-37(32)50)53-21-39-15-5-17-51(39)27(14-16-39)20-52-36(24-8-9-24)40(43,44)45/h4,6-7,10,12,24-27,36,46H,3,5,8-9,11,13-21H2,1-2H3/t25-,26-,27+,36?,39+/m1/s1. The van der Waals surface area contributed by atoms with Crippen LogP contribution in [0.15, 0.2) is 30.3 Å². The molecule has 4 aromatic rings. The van der Waals surface area contributed by atoms with E-state index in [9.17, 15) is 17.6 Å². The molecule has 13 heteroatoms. The molecular formula is C40H45F5N6O2. The average molecular weight is 737 g/mol. The second-order valence-corrected chi connectivity index (χ2v) is 15.8. The summed E-state index contributed by atoms with van der Waals surface area (Å²) >= 11 is 0. The van der Waals surface area contributed by atoms with Crippen molar-refractivity contribution in [3.8, 4) is 17.3 Å². The molecule has 53 heavy (non-hydrogen) atoms. The van der Waals surface area contributed by atoms with E-state index in [1.54, 1.807) is 19.1 Å². The second-order valence-electron chi connectivity index (χ2n) is 15.8. The summed E-state index contributed by atoms with van der Waals surface area (Å²) in [6.07, 6.45) is 0.514. The van der Waals surface area contributed by atoms with Gasteiger partial charge in [-0.25, -0.2) is 13.8 Å². The maximum absolute atomic E-state index is 17.2. The third-order valence-electron chi connectivity index (χ3n) is 12.6. The lowest BCUT2D eigenvalue weighted by Crippen LogP contribution is -2.56. The van der Waals surface area contributed by atoms with E-state index in [1.165, 1.54) is 6.07 Å². The molecule has 0 bridgehead atoms. The Morgan fingerprint density at radius 2 is 1.87 bits per heavy atom. The number of piperazine rings is 1. The third kappa shape index (κ3) is 6.10. The van der Waals surface area contributed by atoms with Crippen LogP contribution in [0, 0.1) is 24.5 Å². The number of rotatable bonds is 9. The van der Waals surface area contributed by atoms with Gasteiger partial charge in [0.05, 0.1) is 23.2 Å². The van der Waals surface area contributed by atoms with Crippen molar-refractivity contribution in [1.29, 1.82) is 0 Å². The number of pyridine rings is 1. The Bertz CT molecular complexity index is 2060. The molecule has 8 nitrogen and oxygen atoms in total. The predicted octanol–water partition coefficient (Wildman–Crippen LogP) is 7.67. The fourth-order valence-electron chi connectivity index (χ4n) is 9.63. The molecule has 9 rings (SSSR count). The van der Waals surface area contributed by atoms with Gasteiger partial charge in [-0.1, -0.05) is 31.2 Å². The van der Waals surface area contributed by atoms with Crippen molar-refractivity contribution in [2.24, 2.45) is 5.92 Å². The van der Waals surface area contributed by atoms with Crippen molar-refractivity contribution in [2.75, 3.05) is 37.7 Å². The molecule has 1 unspecified atom stereocenters. The molecule has 5 aliphatic rings. The largest absolute Gasteiger partial charge is 0.461 e. The molecule has 0 radical (unpaired) electrons. The zero-order chi connectivity index (χ0) is 36.6. The number of anilines is 1. The highest BCUT2D eigenvalue weighted by Crippen LogP contribution is 2.46. The van der Waals surface area contributed by atoms with Gasteiger partial charge in [-0.3, -0.25) is 4.90 Å². The van der Waals surface area contributed by atoms with Crippen LogP contribution >= 0.6 is 0 Å². The molecule has 1 saturated carbocycles. The predicted molar refractivity (Wildman–Crippen MR) is 192 cm³/mol. The summed E-state index contributed by atoms with van der Waals surface area (Å²) in [5, 5.41) is 5.63. The minimum Gasteiger partial charge on any atom is -0.461 e. The molecular weight excluding hydrogens is 691 g/mol. The monoisotopic (exact) mass is 736 g/mol. The van der Waals surface area contributed by atoms with Gasteiger partial charge in [0.2, 0.25) is 0 Å². The van der Waals surface area contributed by atoms with Crippen LogP contribution in [0.4, 0.5) is 27.8 Å². The van der Waals surface area contributed by atoms with E-state index in [1.807, 2.05) is 12.1 Å². The van der Waals surface area contributed by atoms with Gasteiger partial charge in [0.15, 0.2) is 11.9 Å². The highest BCUT2D eigenvalue weighted by molar-refractivity contribution is 6.01. The fourth-order valence-corrected chi connectivity index (χ4v) is 9.63. The minimum absolute atomic E-state index is 0.0311. The Hall–Kier alpha value is -3.68. The summed E-state index contributed by atoms with van der Waals surface area (Å²) in [4.78, 5) is 19.3. The number of fused-ring (bicyclic) bond motifs is 4. The molecule has 3 saturated heterocycles. The number of alkyl halides is 3. The van der Waals surface area contributed by atoms with Gasteiger partial charge in [0.25, 0.3) is 0 Å². The molecule has 0 spiro atoms. The van der Waals surface area contributed by atoms with Crippen LogP contribution in [0.5, 0.6) is 6.01 Å². The smallest absolute Gasteiger partial charge is 0.414 e. The molecule has 2 aromatic carbocycles. The SMILES string of the molecule is CC[C@@H]1CN2c3nc(OC[C@@]45CCCN4[C@H](COC(C4CC4)C(F)(F)F)CC5)nc4c(F)c(-c5cccc6ccc(F)c(C)c56)nc(c34)CC[C@@H]2CN1. The van der Waals surface area contributed by atoms with Crippen molar-refractivity contribution < 1.29 is 31.4 Å². The van der Waals surface area contributed by atoms with Gasteiger partial charge in [-0.2, -0.15) is 23.1 Å². The second kappa shape index (κ2) is 13.3. The van der Waals surface area contributed by atoms with Gasteiger partial charge in [-0.05, 0) is 99.6 Å². The van der Waals surface area contributed by atoms with Crippen LogP contribution < -0.4 is 15.0 Å².